The molecular formula is C20H38O4S. The third-order valence-corrected chi connectivity index (χ3v) is 5.90. The van der Waals surface area contributed by atoms with Crippen LogP contribution in [0, 0.1) is 0 Å². The van der Waals surface area contributed by atoms with Crippen LogP contribution in [0.2, 0.25) is 0 Å². The number of unbranched alkanes of at least 4 members (excludes halogenated alkanes) is 4. The molecule has 2 aliphatic heterocycles. The van der Waals surface area contributed by atoms with Crippen molar-refractivity contribution >= 4 is 11.8 Å². The molecule has 0 aromatic carbocycles. The Morgan fingerprint density at radius 3 is 1.60 bits per heavy atom. The van der Waals surface area contributed by atoms with E-state index in [0.717, 1.165) is 39.3 Å². The van der Waals surface area contributed by atoms with E-state index in [0.29, 0.717) is 0 Å². The maximum Gasteiger partial charge on any atom is 0.157 e. The van der Waals surface area contributed by atoms with Crippen LogP contribution in [0.5, 0.6) is 0 Å². The van der Waals surface area contributed by atoms with E-state index in [2.05, 4.69) is 11.8 Å². The topological polar surface area (TPSA) is 36.9 Å². The number of rotatable bonds is 14. The average molecular weight is 375 g/mol. The summed E-state index contributed by atoms with van der Waals surface area (Å²) < 4.78 is 22.7. The van der Waals surface area contributed by atoms with Gasteiger partial charge in [-0.1, -0.05) is 12.8 Å². The Balaban J connectivity index is 1.23. The molecule has 2 atom stereocenters. The molecule has 5 heteroatoms. The average Bonchev–Trinajstić information content (AvgIpc) is 2.67. The quantitative estimate of drug-likeness (QED) is 0.393. The van der Waals surface area contributed by atoms with Crippen LogP contribution in [0.25, 0.3) is 0 Å². The minimum atomic E-state index is 0.0804. The van der Waals surface area contributed by atoms with E-state index in [1.807, 2.05) is 0 Å². The summed E-state index contributed by atoms with van der Waals surface area (Å²) in [6.45, 7) is 3.48. The van der Waals surface area contributed by atoms with Crippen LogP contribution in [0.15, 0.2) is 0 Å². The highest BCUT2D eigenvalue weighted by Gasteiger charge is 2.14. The van der Waals surface area contributed by atoms with Gasteiger partial charge in [0, 0.05) is 26.4 Å². The number of hydrogen-bond donors (Lipinski definition) is 0. The second kappa shape index (κ2) is 15.3. The smallest absolute Gasteiger partial charge is 0.157 e. The van der Waals surface area contributed by atoms with Crippen LogP contribution in [0.3, 0.4) is 0 Å². The van der Waals surface area contributed by atoms with Crippen LogP contribution in [-0.2, 0) is 18.9 Å². The van der Waals surface area contributed by atoms with Crippen molar-refractivity contribution in [2.24, 2.45) is 0 Å². The van der Waals surface area contributed by atoms with Crippen molar-refractivity contribution in [1.29, 1.82) is 0 Å². The van der Waals surface area contributed by atoms with Gasteiger partial charge in [0.05, 0.1) is 0 Å². The fraction of sp³-hybridized carbons (Fsp3) is 1.00. The number of ether oxygens (including phenoxy) is 4. The van der Waals surface area contributed by atoms with Crippen LogP contribution in [0.1, 0.15) is 77.0 Å². The molecule has 0 N–H and O–H groups in total. The zero-order valence-electron chi connectivity index (χ0n) is 15.9. The third kappa shape index (κ3) is 11.5. The van der Waals surface area contributed by atoms with Crippen molar-refractivity contribution in [3.8, 4) is 0 Å². The molecule has 2 heterocycles. The van der Waals surface area contributed by atoms with Gasteiger partial charge in [-0.2, -0.15) is 11.8 Å². The predicted molar refractivity (Wildman–Crippen MR) is 104 cm³/mol. The van der Waals surface area contributed by atoms with Gasteiger partial charge in [0.15, 0.2) is 12.6 Å². The number of thioether (sulfide) groups is 1. The Hall–Kier alpha value is 0.190. The van der Waals surface area contributed by atoms with Gasteiger partial charge < -0.3 is 18.9 Å². The molecule has 2 unspecified atom stereocenters. The Kier molecular flexibility index (Phi) is 13.1. The summed E-state index contributed by atoms with van der Waals surface area (Å²) in [6, 6.07) is 0. The summed E-state index contributed by atoms with van der Waals surface area (Å²) in [5, 5.41) is 0. The zero-order valence-corrected chi connectivity index (χ0v) is 16.7. The fourth-order valence-corrected chi connectivity index (χ4v) is 4.20. The van der Waals surface area contributed by atoms with E-state index < -0.39 is 0 Å². The normalized spacial score (nSPS) is 24.5. The van der Waals surface area contributed by atoms with E-state index in [9.17, 15) is 0 Å². The molecule has 0 aliphatic carbocycles. The van der Waals surface area contributed by atoms with Crippen molar-refractivity contribution in [2.45, 2.75) is 89.6 Å². The predicted octanol–water partition coefficient (Wildman–Crippen LogP) is 5.15. The SMILES string of the molecule is C(CCOC1CCCCO1)CCSCCCCCOC1CCCCO1. The molecule has 0 saturated carbocycles. The largest absolute Gasteiger partial charge is 0.353 e. The van der Waals surface area contributed by atoms with E-state index in [4.69, 9.17) is 18.9 Å². The standard InChI is InChI=1S/C20H38O4S/c1(5-13-21-19-11-3-7-15-23-19)9-17-25-18-10-2-6-14-22-20-12-4-8-16-24-20/h19-20H,1-18H2. The summed E-state index contributed by atoms with van der Waals surface area (Å²) in [6.07, 6.45) is 14.7. The lowest BCUT2D eigenvalue weighted by Crippen LogP contribution is -2.22. The molecule has 0 radical (unpaired) electrons. The molecular weight excluding hydrogens is 336 g/mol. The lowest BCUT2D eigenvalue weighted by Gasteiger charge is -2.22. The molecule has 25 heavy (non-hydrogen) atoms. The highest BCUT2D eigenvalue weighted by Crippen LogP contribution is 2.16. The van der Waals surface area contributed by atoms with E-state index >= 15 is 0 Å². The Morgan fingerprint density at radius 1 is 0.640 bits per heavy atom. The number of hydrogen-bond acceptors (Lipinski definition) is 5. The van der Waals surface area contributed by atoms with Gasteiger partial charge >= 0.3 is 0 Å². The molecule has 0 spiro atoms. The maximum absolute atomic E-state index is 5.76. The van der Waals surface area contributed by atoms with Crippen molar-refractivity contribution in [2.75, 3.05) is 37.9 Å². The van der Waals surface area contributed by atoms with Gasteiger partial charge in [-0.15, -0.1) is 0 Å². The highest BCUT2D eigenvalue weighted by molar-refractivity contribution is 7.99. The van der Waals surface area contributed by atoms with Gasteiger partial charge in [-0.05, 0) is 75.7 Å². The van der Waals surface area contributed by atoms with E-state index in [-0.39, 0.29) is 12.6 Å². The first kappa shape index (κ1) is 21.5. The van der Waals surface area contributed by atoms with Gasteiger partial charge in [0.1, 0.15) is 0 Å². The van der Waals surface area contributed by atoms with Crippen molar-refractivity contribution in [3.63, 3.8) is 0 Å². The second-order valence-electron chi connectivity index (χ2n) is 7.07. The summed E-state index contributed by atoms with van der Waals surface area (Å²) in [5.74, 6) is 2.57. The summed E-state index contributed by atoms with van der Waals surface area (Å²) in [4.78, 5) is 0. The van der Waals surface area contributed by atoms with Crippen LogP contribution < -0.4 is 0 Å². The molecule has 148 valence electrons. The molecule has 2 aliphatic rings. The molecule has 2 fully saturated rings. The summed E-state index contributed by atoms with van der Waals surface area (Å²) >= 11 is 2.09. The molecule has 2 rings (SSSR count). The van der Waals surface area contributed by atoms with E-state index in [1.165, 1.54) is 75.7 Å². The van der Waals surface area contributed by atoms with Crippen LogP contribution >= 0.6 is 11.8 Å². The van der Waals surface area contributed by atoms with Crippen molar-refractivity contribution < 1.29 is 18.9 Å². The molecule has 2 saturated heterocycles. The third-order valence-electron chi connectivity index (χ3n) is 4.75. The van der Waals surface area contributed by atoms with Gasteiger partial charge in [0.2, 0.25) is 0 Å². The second-order valence-corrected chi connectivity index (χ2v) is 8.29. The first-order valence-corrected chi connectivity index (χ1v) is 11.6. The van der Waals surface area contributed by atoms with Gasteiger partial charge in [-0.3, -0.25) is 0 Å². The monoisotopic (exact) mass is 374 g/mol. The fourth-order valence-electron chi connectivity index (χ4n) is 3.18. The minimum Gasteiger partial charge on any atom is -0.353 e. The molecule has 0 aromatic rings. The molecule has 0 amide bonds. The first-order valence-electron chi connectivity index (χ1n) is 10.5. The Bertz CT molecular complexity index is 263. The van der Waals surface area contributed by atoms with Crippen LogP contribution in [-0.4, -0.2) is 50.5 Å². The Labute approximate surface area is 158 Å². The first-order chi connectivity index (χ1) is 12.4. The Morgan fingerprint density at radius 2 is 1.16 bits per heavy atom. The minimum absolute atomic E-state index is 0.0804. The van der Waals surface area contributed by atoms with Crippen molar-refractivity contribution in [1.82, 2.24) is 0 Å². The lowest BCUT2D eigenvalue weighted by molar-refractivity contribution is -0.163. The van der Waals surface area contributed by atoms with Crippen molar-refractivity contribution in [3.05, 3.63) is 0 Å². The summed E-state index contributed by atoms with van der Waals surface area (Å²) in [5.41, 5.74) is 0. The maximum atomic E-state index is 5.76. The lowest BCUT2D eigenvalue weighted by atomic mass is 10.2. The van der Waals surface area contributed by atoms with E-state index in [1.54, 1.807) is 0 Å². The van der Waals surface area contributed by atoms with Gasteiger partial charge in [0.25, 0.3) is 0 Å². The molecule has 0 aromatic heterocycles. The van der Waals surface area contributed by atoms with Crippen LogP contribution in [0.4, 0.5) is 0 Å². The zero-order chi connectivity index (χ0) is 17.4. The summed E-state index contributed by atoms with van der Waals surface area (Å²) in [7, 11) is 0. The molecule has 4 nitrogen and oxygen atoms in total. The highest BCUT2D eigenvalue weighted by atomic mass is 32.2. The van der Waals surface area contributed by atoms with Gasteiger partial charge in [-0.25, -0.2) is 0 Å². The molecule has 0 bridgehead atoms.